The fourth-order valence-corrected chi connectivity index (χ4v) is 17.7. The molecule has 69 heavy (non-hydrogen) atoms. The standard InChI is InChI=1S/C54H92N2O12S/c1-37(67-46(60)36-66-30-29-65-28-27-64-26-25-63-10)40(56-23-31-69(61,62)32-24-56)35-55-54-18-13-38(50(6)19-20-50)47(54)39-11-12-42-51(7)16-15-43(68-45(59)34-48(2,3)33-44(57)58)49(4,5)41(51)14-17-53(42,9)52(39,8)21-22-54/h37-43,47,55H,11-36H2,1-10H3,(H,57,58)/t37?,38-,39-,40?,41+,42-,43+,47-,51+,52-,53-,54+/m1/s1. The molecule has 0 bridgehead atoms. The van der Waals surface area contributed by atoms with Gasteiger partial charge in [0.05, 0.1) is 70.0 Å². The summed E-state index contributed by atoms with van der Waals surface area (Å²) in [5.74, 6) is 1.31. The molecule has 0 amide bonds. The SMILES string of the molecule is COCCOCCOCCOCC(=O)OC(C)C(CN[C@]12CC[C@@H](C3(C)CC3)[C@@H]1[C@H]1CC[C@@H]3[C@@]4(C)CC[C@H](OC(=O)CC(C)(C)CC(=O)O)C(C)(C)[C@@H]4CC[C@@]3(C)[C@]1(C)CC2)N1CCS(=O)(=O)CC1. The van der Waals surface area contributed by atoms with Gasteiger partial charge in [-0.25, -0.2) is 13.2 Å². The molecule has 12 atom stereocenters. The highest BCUT2D eigenvalue weighted by molar-refractivity contribution is 7.91. The number of fused-ring (bicyclic) bond motifs is 7. The van der Waals surface area contributed by atoms with Gasteiger partial charge in [0.2, 0.25) is 0 Å². The fourth-order valence-electron chi connectivity index (χ4n) is 16.5. The summed E-state index contributed by atoms with van der Waals surface area (Å²) >= 11 is 0. The van der Waals surface area contributed by atoms with Crippen LogP contribution in [0.25, 0.3) is 0 Å². The van der Waals surface area contributed by atoms with E-state index in [9.17, 15) is 27.9 Å². The van der Waals surface area contributed by atoms with Crippen LogP contribution in [0.5, 0.6) is 0 Å². The van der Waals surface area contributed by atoms with Gasteiger partial charge in [-0.2, -0.15) is 0 Å². The lowest BCUT2D eigenvalue weighted by molar-refractivity contribution is -0.248. The number of carbonyl (C=O) groups excluding carboxylic acids is 2. The normalized spacial score (nSPS) is 37.5. The van der Waals surface area contributed by atoms with Crippen molar-refractivity contribution in [1.82, 2.24) is 10.2 Å². The predicted molar refractivity (Wildman–Crippen MR) is 264 cm³/mol. The van der Waals surface area contributed by atoms with Crippen LogP contribution in [0.4, 0.5) is 0 Å². The topological polar surface area (TPSA) is 176 Å². The molecular weight excluding hydrogens is 901 g/mol. The number of esters is 2. The molecule has 1 saturated heterocycles. The minimum atomic E-state index is -3.12. The van der Waals surface area contributed by atoms with Crippen molar-refractivity contribution in [2.75, 3.05) is 84.5 Å². The highest BCUT2D eigenvalue weighted by Crippen LogP contribution is 2.78. The van der Waals surface area contributed by atoms with Crippen molar-refractivity contribution in [1.29, 1.82) is 0 Å². The summed E-state index contributed by atoms with van der Waals surface area (Å²) in [6.45, 7) is 24.6. The van der Waals surface area contributed by atoms with E-state index < -0.39 is 33.3 Å². The Hall–Kier alpha value is -1.88. The number of hydrogen-bond donors (Lipinski definition) is 2. The Morgan fingerprint density at radius 2 is 1.38 bits per heavy atom. The van der Waals surface area contributed by atoms with Crippen LogP contribution in [0.1, 0.15) is 152 Å². The minimum absolute atomic E-state index is 0.0462. The first-order chi connectivity index (χ1) is 32.4. The third-order valence-corrected chi connectivity index (χ3v) is 22.2. The molecule has 7 aliphatic rings. The average Bonchev–Trinajstić information content (AvgIpc) is 3.88. The lowest BCUT2D eigenvalue weighted by atomic mass is 9.32. The van der Waals surface area contributed by atoms with Gasteiger partial charge in [0.15, 0.2) is 9.84 Å². The summed E-state index contributed by atoms with van der Waals surface area (Å²) < 4.78 is 59.4. The van der Waals surface area contributed by atoms with Crippen molar-refractivity contribution in [3.63, 3.8) is 0 Å². The van der Waals surface area contributed by atoms with E-state index in [1.807, 2.05) is 20.8 Å². The van der Waals surface area contributed by atoms with Gasteiger partial charge in [0.1, 0.15) is 18.8 Å². The van der Waals surface area contributed by atoms with Crippen LogP contribution in [0.3, 0.4) is 0 Å². The molecular formula is C54H92N2O12S. The summed E-state index contributed by atoms with van der Waals surface area (Å²) in [6.07, 6.45) is 13.1. The zero-order valence-corrected chi connectivity index (χ0v) is 45.1. The Bertz CT molecular complexity index is 1910. The van der Waals surface area contributed by atoms with Crippen LogP contribution in [0.2, 0.25) is 0 Å². The summed E-state index contributed by atoms with van der Waals surface area (Å²) in [4.78, 5) is 40.4. The first kappa shape index (κ1) is 54.9. The molecule has 2 unspecified atom stereocenters. The molecule has 7 rings (SSSR count). The molecule has 15 heteroatoms. The van der Waals surface area contributed by atoms with Crippen LogP contribution in [0, 0.1) is 62.1 Å². The van der Waals surface area contributed by atoms with Crippen molar-refractivity contribution in [3.8, 4) is 0 Å². The third kappa shape index (κ3) is 11.4. The zero-order valence-electron chi connectivity index (χ0n) is 44.3. The first-order valence-electron chi connectivity index (χ1n) is 26.9. The van der Waals surface area contributed by atoms with Gasteiger partial charge in [-0.05, 0) is 141 Å². The van der Waals surface area contributed by atoms with E-state index in [2.05, 4.69) is 51.8 Å². The molecule has 0 aromatic rings. The molecule has 1 aliphatic heterocycles. The Kier molecular flexibility index (Phi) is 16.8. The zero-order chi connectivity index (χ0) is 50.3. The van der Waals surface area contributed by atoms with Gasteiger partial charge in [0.25, 0.3) is 0 Å². The predicted octanol–water partition coefficient (Wildman–Crippen LogP) is 7.74. The number of methoxy groups -OCH3 is 1. The van der Waals surface area contributed by atoms with E-state index in [-0.39, 0.29) is 82.9 Å². The molecule has 14 nitrogen and oxygen atoms in total. The number of sulfone groups is 1. The number of nitrogens with zero attached hydrogens (tertiary/aromatic N) is 1. The second-order valence-electron chi connectivity index (χ2n) is 25.5. The van der Waals surface area contributed by atoms with Crippen molar-refractivity contribution in [2.24, 2.45) is 62.1 Å². The van der Waals surface area contributed by atoms with E-state index >= 15 is 0 Å². The third-order valence-electron chi connectivity index (χ3n) is 20.6. The Morgan fingerprint density at radius 3 is 2.01 bits per heavy atom. The lowest BCUT2D eigenvalue weighted by Crippen LogP contribution is -2.69. The molecule has 2 N–H and O–H groups in total. The second-order valence-corrected chi connectivity index (χ2v) is 27.8. The first-order valence-corrected chi connectivity index (χ1v) is 28.7. The average molecular weight is 993 g/mol. The van der Waals surface area contributed by atoms with Crippen molar-refractivity contribution >= 4 is 27.7 Å². The smallest absolute Gasteiger partial charge is 0.332 e. The molecule has 7 fully saturated rings. The van der Waals surface area contributed by atoms with Crippen molar-refractivity contribution < 1.29 is 56.3 Å². The number of carbonyl (C=O) groups is 3. The van der Waals surface area contributed by atoms with Gasteiger partial charge in [-0.15, -0.1) is 0 Å². The van der Waals surface area contributed by atoms with Crippen LogP contribution >= 0.6 is 0 Å². The number of carboxylic acids is 1. The number of hydrogen-bond acceptors (Lipinski definition) is 13. The molecule has 396 valence electrons. The van der Waals surface area contributed by atoms with E-state index in [0.29, 0.717) is 87.7 Å². The number of nitrogens with one attached hydrogen (secondary N) is 1. The number of aliphatic carboxylic acids is 1. The quantitative estimate of drug-likeness (QED) is 0.0751. The summed E-state index contributed by atoms with van der Waals surface area (Å²) in [6, 6.07) is -0.192. The molecule has 0 spiro atoms. The molecule has 1 heterocycles. The number of rotatable bonds is 23. The second kappa shape index (κ2) is 21.2. The van der Waals surface area contributed by atoms with Gasteiger partial charge in [0, 0.05) is 37.7 Å². The maximum Gasteiger partial charge on any atom is 0.332 e. The Labute approximate surface area is 415 Å². The van der Waals surface area contributed by atoms with Crippen LogP contribution in [-0.4, -0.2) is 145 Å². The number of ether oxygens (including phenoxy) is 6. The van der Waals surface area contributed by atoms with Crippen LogP contribution in [-0.2, 0) is 52.6 Å². The fraction of sp³-hybridized carbons (Fsp3) is 0.944. The Balaban J connectivity index is 1.04. The van der Waals surface area contributed by atoms with E-state index in [4.69, 9.17) is 28.4 Å². The van der Waals surface area contributed by atoms with Gasteiger partial charge in [-0.3, -0.25) is 14.5 Å². The molecule has 6 aliphatic carbocycles. The molecule has 6 saturated carbocycles. The van der Waals surface area contributed by atoms with E-state index in [0.717, 1.165) is 38.5 Å². The van der Waals surface area contributed by atoms with Crippen molar-refractivity contribution in [3.05, 3.63) is 0 Å². The summed E-state index contributed by atoms with van der Waals surface area (Å²) in [7, 11) is -1.48. The Morgan fingerprint density at radius 1 is 0.725 bits per heavy atom. The summed E-state index contributed by atoms with van der Waals surface area (Å²) in [5, 5.41) is 13.8. The summed E-state index contributed by atoms with van der Waals surface area (Å²) in [5.41, 5.74) is -0.129. The van der Waals surface area contributed by atoms with Gasteiger partial charge in [-0.1, -0.05) is 55.4 Å². The molecule has 0 radical (unpaired) electrons. The van der Waals surface area contributed by atoms with E-state index in [1.54, 1.807) is 7.11 Å². The monoisotopic (exact) mass is 993 g/mol. The molecule has 0 aromatic carbocycles. The van der Waals surface area contributed by atoms with E-state index in [1.165, 1.54) is 38.5 Å². The largest absolute Gasteiger partial charge is 0.481 e. The van der Waals surface area contributed by atoms with Gasteiger partial charge < -0.3 is 38.8 Å². The maximum absolute atomic E-state index is 13.4. The van der Waals surface area contributed by atoms with Crippen molar-refractivity contribution in [2.45, 2.75) is 176 Å². The minimum Gasteiger partial charge on any atom is -0.481 e. The highest BCUT2D eigenvalue weighted by atomic mass is 32.2. The maximum atomic E-state index is 13.4. The number of carboxylic acid groups (broad SMARTS) is 1. The van der Waals surface area contributed by atoms with Crippen LogP contribution < -0.4 is 5.32 Å². The highest BCUT2D eigenvalue weighted by Gasteiger charge is 2.72. The molecule has 0 aromatic heterocycles. The van der Waals surface area contributed by atoms with Gasteiger partial charge >= 0.3 is 17.9 Å². The lowest BCUT2D eigenvalue weighted by Gasteiger charge is -2.73. The van der Waals surface area contributed by atoms with Crippen LogP contribution in [0.15, 0.2) is 0 Å².